The summed E-state index contributed by atoms with van der Waals surface area (Å²) in [6.07, 6.45) is 2.74. The van der Waals surface area contributed by atoms with Gasteiger partial charge >= 0.3 is 0 Å². The molecule has 2 N–H and O–H groups in total. The van der Waals surface area contributed by atoms with E-state index in [9.17, 15) is 0 Å². The quantitative estimate of drug-likeness (QED) is 0.389. The molecule has 0 bridgehead atoms. The van der Waals surface area contributed by atoms with E-state index >= 15 is 0 Å². The number of hydrogen-bond donors (Lipinski definition) is 2. The zero-order valence-electron chi connectivity index (χ0n) is 15.0. The molecule has 2 rings (SSSR count). The molecular formula is C17H31IN6. The topological polar surface area (TPSA) is 55.8 Å². The Labute approximate surface area is 163 Å². The highest BCUT2D eigenvalue weighted by molar-refractivity contribution is 14.0. The summed E-state index contributed by atoms with van der Waals surface area (Å²) in [4.78, 5) is 13.9. The van der Waals surface area contributed by atoms with Crippen LogP contribution in [0, 0.1) is 0 Å². The SMILES string of the molecule is CCNC(=NCC1CN(C)CCN1C)NCCc1ccccn1.I. The van der Waals surface area contributed by atoms with Crippen molar-refractivity contribution in [2.24, 2.45) is 4.99 Å². The molecule has 6 nitrogen and oxygen atoms in total. The maximum Gasteiger partial charge on any atom is 0.191 e. The Bertz CT molecular complexity index is 481. The first kappa shape index (κ1) is 21.1. The second kappa shape index (κ2) is 11.6. The van der Waals surface area contributed by atoms with Crippen molar-refractivity contribution < 1.29 is 0 Å². The Hall–Kier alpha value is -0.930. The van der Waals surface area contributed by atoms with Gasteiger partial charge in [0.15, 0.2) is 5.96 Å². The second-order valence-corrected chi connectivity index (χ2v) is 6.11. The summed E-state index contributed by atoms with van der Waals surface area (Å²) < 4.78 is 0. The Morgan fingerprint density at radius 3 is 2.83 bits per heavy atom. The lowest BCUT2D eigenvalue weighted by molar-refractivity contribution is 0.119. The molecule has 24 heavy (non-hydrogen) atoms. The van der Waals surface area contributed by atoms with E-state index in [-0.39, 0.29) is 24.0 Å². The van der Waals surface area contributed by atoms with Crippen LogP contribution in [0.2, 0.25) is 0 Å². The van der Waals surface area contributed by atoms with Gasteiger partial charge in [-0.3, -0.25) is 14.9 Å². The van der Waals surface area contributed by atoms with Crippen molar-refractivity contribution in [2.45, 2.75) is 19.4 Å². The highest BCUT2D eigenvalue weighted by Gasteiger charge is 2.21. The minimum Gasteiger partial charge on any atom is -0.357 e. The number of nitrogens with one attached hydrogen (secondary N) is 2. The van der Waals surface area contributed by atoms with Gasteiger partial charge in [0.25, 0.3) is 0 Å². The fourth-order valence-corrected chi connectivity index (χ4v) is 2.69. The smallest absolute Gasteiger partial charge is 0.191 e. The third kappa shape index (κ3) is 7.31. The van der Waals surface area contributed by atoms with Gasteiger partial charge in [-0.25, -0.2) is 0 Å². The van der Waals surface area contributed by atoms with Gasteiger partial charge in [0.05, 0.1) is 6.54 Å². The summed E-state index contributed by atoms with van der Waals surface area (Å²) in [5.74, 6) is 0.894. The van der Waals surface area contributed by atoms with E-state index in [0.29, 0.717) is 6.04 Å². The molecule has 0 aromatic carbocycles. The molecule has 1 aliphatic heterocycles. The average molecular weight is 446 g/mol. The van der Waals surface area contributed by atoms with Crippen molar-refractivity contribution in [3.05, 3.63) is 30.1 Å². The second-order valence-electron chi connectivity index (χ2n) is 6.11. The molecule has 0 aliphatic carbocycles. The standard InChI is InChI=1S/C17H30N6.HI/c1-4-18-17(20-10-8-15-7-5-6-9-19-15)21-13-16-14-22(2)11-12-23(16)3;/h5-7,9,16H,4,8,10-14H2,1-3H3,(H2,18,20,21);1H. The van der Waals surface area contributed by atoms with Crippen molar-refractivity contribution in [1.82, 2.24) is 25.4 Å². The highest BCUT2D eigenvalue weighted by atomic mass is 127. The van der Waals surface area contributed by atoms with Crippen LogP contribution in [0.3, 0.4) is 0 Å². The maximum atomic E-state index is 4.76. The molecule has 0 amide bonds. The van der Waals surface area contributed by atoms with Gasteiger partial charge < -0.3 is 15.5 Å². The van der Waals surface area contributed by atoms with Gasteiger partial charge in [-0.05, 0) is 33.2 Å². The molecule has 1 aromatic heterocycles. The number of guanidine groups is 1. The Kier molecular flexibility index (Phi) is 10.2. The van der Waals surface area contributed by atoms with Gasteiger partial charge in [0, 0.05) is 57.1 Å². The molecule has 1 atom stereocenters. The van der Waals surface area contributed by atoms with Gasteiger partial charge in [0.2, 0.25) is 0 Å². The summed E-state index contributed by atoms with van der Waals surface area (Å²) in [6, 6.07) is 6.51. The number of likely N-dealkylation sites (N-methyl/N-ethyl adjacent to an activating group) is 2. The van der Waals surface area contributed by atoms with E-state index in [0.717, 1.165) is 57.3 Å². The number of aliphatic imine (C=N–C) groups is 1. The van der Waals surface area contributed by atoms with Crippen LogP contribution in [0.25, 0.3) is 0 Å². The lowest BCUT2D eigenvalue weighted by Crippen LogP contribution is -2.51. The minimum atomic E-state index is 0. The summed E-state index contributed by atoms with van der Waals surface area (Å²) in [6.45, 7) is 7.95. The van der Waals surface area contributed by atoms with Crippen molar-refractivity contribution in [2.75, 3.05) is 53.4 Å². The first-order valence-electron chi connectivity index (χ1n) is 8.50. The highest BCUT2D eigenvalue weighted by Crippen LogP contribution is 2.06. The van der Waals surface area contributed by atoms with Crippen molar-refractivity contribution in [1.29, 1.82) is 0 Å². The lowest BCUT2D eigenvalue weighted by atomic mass is 10.2. The number of aromatic nitrogens is 1. The van der Waals surface area contributed by atoms with Crippen molar-refractivity contribution in [3.8, 4) is 0 Å². The fourth-order valence-electron chi connectivity index (χ4n) is 2.69. The summed E-state index contributed by atoms with van der Waals surface area (Å²) >= 11 is 0. The van der Waals surface area contributed by atoms with Crippen molar-refractivity contribution in [3.63, 3.8) is 0 Å². The average Bonchev–Trinajstić information content (AvgIpc) is 2.56. The first-order valence-corrected chi connectivity index (χ1v) is 8.50. The number of rotatable bonds is 6. The van der Waals surface area contributed by atoms with Crippen LogP contribution in [0.4, 0.5) is 0 Å². The molecular weight excluding hydrogens is 415 g/mol. The molecule has 0 radical (unpaired) electrons. The monoisotopic (exact) mass is 446 g/mol. The van der Waals surface area contributed by atoms with Gasteiger partial charge in [0.1, 0.15) is 0 Å². The largest absolute Gasteiger partial charge is 0.357 e. The summed E-state index contributed by atoms with van der Waals surface area (Å²) in [5, 5.41) is 6.72. The molecule has 1 aromatic rings. The first-order chi connectivity index (χ1) is 11.2. The molecule has 0 saturated carbocycles. The summed E-state index contributed by atoms with van der Waals surface area (Å²) in [7, 11) is 4.37. The molecule has 2 heterocycles. The van der Waals surface area contributed by atoms with E-state index in [1.807, 2.05) is 18.3 Å². The van der Waals surface area contributed by atoms with Gasteiger partial charge in [-0.15, -0.1) is 24.0 Å². The zero-order chi connectivity index (χ0) is 16.5. The number of halogens is 1. The van der Waals surface area contributed by atoms with Crippen LogP contribution in [0.15, 0.2) is 29.4 Å². The Balaban J connectivity index is 0.00000288. The van der Waals surface area contributed by atoms with E-state index in [1.54, 1.807) is 0 Å². The summed E-state index contributed by atoms with van der Waals surface area (Å²) in [5.41, 5.74) is 1.10. The van der Waals surface area contributed by atoms with Crippen molar-refractivity contribution >= 4 is 29.9 Å². The predicted molar refractivity (Wildman–Crippen MR) is 111 cm³/mol. The molecule has 1 unspecified atom stereocenters. The van der Waals surface area contributed by atoms with E-state index in [1.165, 1.54) is 0 Å². The third-order valence-electron chi connectivity index (χ3n) is 4.18. The van der Waals surface area contributed by atoms with Crippen LogP contribution in [-0.4, -0.2) is 80.1 Å². The minimum absolute atomic E-state index is 0. The lowest BCUT2D eigenvalue weighted by Gasteiger charge is -2.36. The number of hydrogen-bond acceptors (Lipinski definition) is 4. The van der Waals surface area contributed by atoms with E-state index < -0.39 is 0 Å². The molecule has 136 valence electrons. The van der Waals surface area contributed by atoms with Crippen LogP contribution in [0.1, 0.15) is 12.6 Å². The molecule has 1 aliphatic rings. The van der Waals surface area contributed by atoms with Crippen LogP contribution >= 0.6 is 24.0 Å². The van der Waals surface area contributed by atoms with Crippen LogP contribution in [0.5, 0.6) is 0 Å². The van der Waals surface area contributed by atoms with E-state index in [4.69, 9.17) is 4.99 Å². The number of piperazine rings is 1. The number of nitrogens with zero attached hydrogens (tertiary/aromatic N) is 4. The Morgan fingerprint density at radius 2 is 2.12 bits per heavy atom. The van der Waals surface area contributed by atoms with Gasteiger partial charge in [-0.2, -0.15) is 0 Å². The number of pyridine rings is 1. The molecule has 0 spiro atoms. The van der Waals surface area contributed by atoms with E-state index in [2.05, 4.69) is 52.5 Å². The van der Waals surface area contributed by atoms with Gasteiger partial charge in [-0.1, -0.05) is 6.07 Å². The predicted octanol–water partition coefficient (Wildman–Crippen LogP) is 1.04. The molecule has 7 heteroatoms. The molecule has 1 fully saturated rings. The molecule has 1 saturated heterocycles. The third-order valence-corrected chi connectivity index (χ3v) is 4.18. The normalized spacial score (nSPS) is 19.6. The maximum absolute atomic E-state index is 4.76. The fraction of sp³-hybridized carbons (Fsp3) is 0.647. The zero-order valence-corrected chi connectivity index (χ0v) is 17.4. The van der Waals surface area contributed by atoms with Crippen LogP contribution in [-0.2, 0) is 6.42 Å². The van der Waals surface area contributed by atoms with Crippen LogP contribution < -0.4 is 10.6 Å². The Morgan fingerprint density at radius 1 is 1.29 bits per heavy atom.